The number of nitrogens with zero attached hydrogens (tertiary/aromatic N) is 2. The number of likely N-dealkylation sites (tertiary alicyclic amines) is 1. The smallest absolute Gasteiger partial charge is 0.338 e. The van der Waals surface area contributed by atoms with Gasteiger partial charge in [-0.2, -0.15) is 0 Å². The number of rotatable bonds is 6. The van der Waals surface area contributed by atoms with Gasteiger partial charge in [-0.15, -0.1) is 11.3 Å². The van der Waals surface area contributed by atoms with E-state index >= 15 is 0 Å². The van der Waals surface area contributed by atoms with E-state index in [-0.39, 0.29) is 24.6 Å². The van der Waals surface area contributed by atoms with E-state index in [2.05, 4.69) is 24.9 Å². The van der Waals surface area contributed by atoms with Gasteiger partial charge in [-0.05, 0) is 62.9 Å². The van der Waals surface area contributed by atoms with Crippen molar-refractivity contribution in [1.29, 1.82) is 0 Å². The van der Waals surface area contributed by atoms with Gasteiger partial charge in [0.25, 0.3) is 5.91 Å². The molecule has 7 heteroatoms. The third-order valence-corrected chi connectivity index (χ3v) is 7.88. The van der Waals surface area contributed by atoms with Crippen LogP contribution in [0, 0.1) is 0 Å². The maximum atomic E-state index is 12.5. The molecule has 0 N–H and O–H groups in total. The summed E-state index contributed by atoms with van der Waals surface area (Å²) in [6.45, 7) is 3.91. The first-order valence-corrected chi connectivity index (χ1v) is 12.4. The Labute approximate surface area is 190 Å². The van der Waals surface area contributed by atoms with E-state index in [0.717, 1.165) is 40.4 Å². The molecule has 0 saturated carbocycles. The van der Waals surface area contributed by atoms with Gasteiger partial charge in [0.1, 0.15) is 0 Å². The van der Waals surface area contributed by atoms with Crippen molar-refractivity contribution in [2.75, 3.05) is 6.61 Å². The number of aromatic nitrogens is 1. The third kappa shape index (κ3) is 5.28. The molecule has 2 aromatic carbocycles. The maximum Gasteiger partial charge on any atom is 0.338 e. The van der Waals surface area contributed by atoms with Crippen molar-refractivity contribution in [3.63, 3.8) is 0 Å². The van der Waals surface area contributed by atoms with Crippen LogP contribution in [0.4, 0.5) is 0 Å². The van der Waals surface area contributed by atoms with Crippen LogP contribution in [0.15, 0.2) is 52.9 Å². The molecule has 3 aromatic rings. The van der Waals surface area contributed by atoms with Gasteiger partial charge in [0.15, 0.2) is 10.9 Å². The average Bonchev–Trinajstić information content (AvgIpc) is 3.19. The van der Waals surface area contributed by atoms with Gasteiger partial charge in [-0.1, -0.05) is 36.0 Å². The lowest BCUT2D eigenvalue weighted by atomic mass is 9.97. The molecule has 0 aliphatic carbocycles. The topological polar surface area (TPSA) is 59.5 Å². The minimum absolute atomic E-state index is 0.114. The van der Waals surface area contributed by atoms with Crippen molar-refractivity contribution in [3.05, 3.63) is 59.7 Å². The maximum absolute atomic E-state index is 12.5. The lowest BCUT2D eigenvalue weighted by molar-refractivity contribution is -0.140. The van der Waals surface area contributed by atoms with Gasteiger partial charge in [0.05, 0.1) is 15.8 Å². The van der Waals surface area contributed by atoms with E-state index < -0.39 is 5.97 Å². The van der Waals surface area contributed by atoms with E-state index in [1.165, 1.54) is 4.70 Å². The molecule has 0 spiro atoms. The van der Waals surface area contributed by atoms with E-state index in [4.69, 9.17) is 4.74 Å². The molecule has 2 heterocycles. The van der Waals surface area contributed by atoms with E-state index in [0.29, 0.717) is 5.56 Å². The number of amides is 1. The molecule has 31 heavy (non-hydrogen) atoms. The Hall–Kier alpha value is -2.38. The SMILES string of the molecule is C[C@H]1CCC[C@H](C)N1C(=O)COC(=O)c1ccc(CSc2nc3ccccc3s2)cc1. The fourth-order valence-corrected chi connectivity index (χ4v) is 6.02. The van der Waals surface area contributed by atoms with E-state index in [9.17, 15) is 9.59 Å². The number of esters is 1. The zero-order chi connectivity index (χ0) is 21.8. The minimum Gasteiger partial charge on any atom is -0.452 e. The summed E-state index contributed by atoms with van der Waals surface area (Å²) < 4.78 is 7.52. The second-order valence-electron chi connectivity index (χ2n) is 7.94. The summed E-state index contributed by atoms with van der Waals surface area (Å²) in [5.41, 5.74) is 2.59. The third-order valence-electron chi connectivity index (χ3n) is 5.63. The average molecular weight is 455 g/mol. The van der Waals surface area contributed by atoms with Crippen LogP contribution in [0.2, 0.25) is 0 Å². The summed E-state index contributed by atoms with van der Waals surface area (Å²) in [5.74, 6) is 0.200. The van der Waals surface area contributed by atoms with Crippen molar-refractivity contribution in [2.45, 2.75) is 55.3 Å². The first-order chi connectivity index (χ1) is 15.0. The molecule has 0 bridgehead atoms. The van der Waals surface area contributed by atoms with Crippen molar-refractivity contribution in [1.82, 2.24) is 9.88 Å². The number of ether oxygens (including phenoxy) is 1. The number of hydrogen-bond donors (Lipinski definition) is 0. The zero-order valence-corrected chi connectivity index (χ0v) is 19.4. The van der Waals surface area contributed by atoms with Gasteiger partial charge >= 0.3 is 5.97 Å². The van der Waals surface area contributed by atoms with Gasteiger partial charge in [-0.25, -0.2) is 9.78 Å². The number of carbonyl (C=O) groups excluding carboxylic acids is 2. The number of hydrogen-bond acceptors (Lipinski definition) is 6. The molecule has 4 rings (SSSR count). The quantitative estimate of drug-likeness (QED) is 0.362. The Morgan fingerprint density at radius 2 is 1.81 bits per heavy atom. The predicted molar refractivity (Wildman–Crippen MR) is 126 cm³/mol. The summed E-state index contributed by atoms with van der Waals surface area (Å²) >= 11 is 3.37. The first kappa shape index (κ1) is 21.8. The molecule has 1 amide bonds. The molecule has 1 aliphatic heterocycles. The first-order valence-electron chi connectivity index (χ1n) is 10.6. The highest BCUT2D eigenvalue weighted by atomic mass is 32.2. The highest BCUT2D eigenvalue weighted by Crippen LogP contribution is 2.31. The van der Waals surface area contributed by atoms with Crippen molar-refractivity contribution in [3.8, 4) is 0 Å². The van der Waals surface area contributed by atoms with Crippen LogP contribution < -0.4 is 0 Å². The Balaban J connectivity index is 1.29. The molecule has 1 fully saturated rings. The number of carbonyl (C=O) groups is 2. The van der Waals surface area contributed by atoms with Gasteiger partial charge in [0.2, 0.25) is 0 Å². The molecule has 162 valence electrons. The van der Waals surface area contributed by atoms with Crippen LogP contribution in [0.3, 0.4) is 0 Å². The fourth-order valence-electron chi connectivity index (χ4n) is 3.99. The highest BCUT2D eigenvalue weighted by molar-refractivity contribution is 8.00. The Morgan fingerprint density at radius 3 is 2.52 bits per heavy atom. The second-order valence-corrected chi connectivity index (χ2v) is 10.2. The Bertz CT molecular complexity index is 1020. The van der Waals surface area contributed by atoms with Crippen LogP contribution in [0.5, 0.6) is 0 Å². The van der Waals surface area contributed by atoms with Gasteiger partial charge < -0.3 is 9.64 Å². The molecular formula is C24H26N2O3S2. The van der Waals surface area contributed by atoms with Crippen LogP contribution in [-0.2, 0) is 15.3 Å². The summed E-state index contributed by atoms with van der Waals surface area (Å²) in [7, 11) is 0. The molecule has 0 radical (unpaired) electrons. The molecule has 5 nitrogen and oxygen atoms in total. The van der Waals surface area contributed by atoms with Crippen LogP contribution >= 0.6 is 23.1 Å². The molecule has 1 aromatic heterocycles. The van der Waals surface area contributed by atoms with Crippen LogP contribution in [-0.4, -0.2) is 40.5 Å². The van der Waals surface area contributed by atoms with Gasteiger partial charge in [-0.3, -0.25) is 4.79 Å². The Morgan fingerprint density at radius 1 is 1.10 bits per heavy atom. The highest BCUT2D eigenvalue weighted by Gasteiger charge is 2.29. The van der Waals surface area contributed by atoms with Gasteiger partial charge in [0, 0.05) is 17.8 Å². The van der Waals surface area contributed by atoms with Crippen LogP contribution in [0.25, 0.3) is 10.2 Å². The van der Waals surface area contributed by atoms with Crippen LogP contribution in [0.1, 0.15) is 49.0 Å². The number of thioether (sulfide) groups is 1. The van der Waals surface area contributed by atoms with Crippen molar-refractivity contribution >= 4 is 45.2 Å². The summed E-state index contributed by atoms with van der Waals surface area (Å²) in [5, 5.41) is 0. The molecular weight excluding hydrogens is 428 g/mol. The number of thiazole rings is 1. The monoisotopic (exact) mass is 454 g/mol. The number of benzene rings is 2. The molecule has 1 aliphatic rings. The lowest BCUT2D eigenvalue weighted by Crippen LogP contribution is -2.49. The van der Waals surface area contributed by atoms with E-state index in [1.54, 1.807) is 35.2 Å². The molecule has 1 saturated heterocycles. The predicted octanol–water partition coefficient (Wildman–Crippen LogP) is 5.53. The summed E-state index contributed by atoms with van der Waals surface area (Å²) in [6, 6.07) is 15.9. The second kappa shape index (κ2) is 9.83. The number of para-hydroxylation sites is 1. The largest absolute Gasteiger partial charge is 0.452 e. The van der Waals surface area contributed by atoms with E-state index in [1.807, 2.05) is 35.2 Å². The summed E-state index contributed by atoms with van der Waals surface area (Å²) in [4.78, 5) is 31.4. The minimum atomic E-state index is -0.462. The molecule has 0 unspecified atom stereocenters. The number of piperidine rings is 1. The zero-order valence-electron chi connectivity index (χ0n) is 17.7. The fraction of sp³-hybridized carbons (Fsp3) is 0.375. The lowest BCUT2D eigenvalue weighted by Gasteiger charge is -2.38. The number of fused-ring (bicyclic) bond motifs is 1. The summed E-state index contributed by atoms with van der Waals surface area (Å²) in [6.07, 6.45) is 3.14. The normalized spacial score (nSPS) is 18.8. The Kier molecular flexibility index (Phi) is 6.92. The molecule has 2 atom stereocenters. The standard InChI is InChI=1S/C24H26N2O3S2/c1-16-6-5-7-17(2)26(16)22(27)14-29-23(28)19-12-10-18(11-13-19)15-30-24-25-20-8-3-4-9-21(20)31-24/h3-4,8-13,16-17H,5-7,14-15H2,1-2H3/t16-,17-/m0/s1. The van der Waals surface area contributed by atoms with Crippen molar-refractivity contribution < 1.29 is 14.3 Å². The van der Waals surface area contributed by atoms with Crippen molar-refractivity contribution in [2.24, 2.45) is 0 Å².